The van der Waals surface area contributed by atoms with E-state index in [1.165, 1.54) is 4.41 Å². The summed E-state index contributed by atoms with van der Waals surface area (Å²) in [6, 6.07) is 1.72. The number of pyridine rings is 1. The van der Waals surface area contributed by atoms with Crippen molar-refractivity contribution in [2.24, 2.45) is 0 Å². The second-order valence-corrected chi connectivity index (χ2v) is 5.96. The minimum atomic E-state index is -0.430. The van der Waals surface area contributed by atoms with Gasteiger partial charge in [-0.05, 0) is 12.8 Å². The third-order valence-corrected chi connectivity index (χ3v) is 3.98. The Labute approximate surface area is 148 Å². The lowest BCUT2D eigenvalue weighted by Gasteiger charge is -2.21. The number of unbranched alkanes of at least 4 members (excludes halogenated alkanes) is 2. The number of hydrazine groups is 1. The summed E-state index contributed by atoms with van der Waals surface area (Å²) in [4.78, 5) is 16.5. The number of aromatic nitrogens is 1. The minimum absolute atomic E-state index is 0.404. The average Bonchev–Trinajstić information content (AvgIpc) is 2.60. The quantitative estimate of drug-likeness (QED) is 0.368. The number of methoxy groups -OCH3 is 2. The highest BCUT2D eigenvalue weighted by molar-refractivity contribution is 7.97. The van der Waals surface area contributed by atoms with Crippen LogP contribution in [-0.4, -0.2) is 42.9 Å². The van der Waals surface area contributed by atoms with Crippen LogP contribution in [-0.2, 0) is 4.74 Å². The van der Waals surface area contributed by atoms with Crippen molar-refractivity contribution in [3.63, 3.8) is 0 Å². The summed E-state index contributed by atoms with van der Waals surface area (Å²) in [6.45, 7) is 5.23. The predicted molar refractivity (Wildman–Crippen MR) is 94.2 cm³/mol. The molecule has 0 aliphatic heterocycles. The molecule has 0 aliphatic rings. The zero-order chi connectivity index (χ0) is 17.8. The highest BCUT2D eigenvalue weighted by atomic mass is 32.2. The Balaban J connectivity index is 2.77. The first kappa shape index (κ1) is 20.4. The Morgan fingerprint density at radius 3 is 2.54 bits per heavy atom. The van der Waals surface area contributed by atoms with Crippen LogP contribution < -0.4 is 14.9 Å². The van der Waals surface area contributed by atoms with E-state index in [1.807, 2.05) is 6.92 Å². The Morgan fingerprint density at radius 1 is 1.21 bits per heavy atom. The lowest BCUT2D eigenvalue weighted by atomic mass is 10.3. The zero-order valence-corrected chi connectivity index (χ0v) is 15.6. The van der Waals surface area contributed by atoms with Crippen LogP contribution in [0.2, 0.25) is 0 Å². The van der Waals surface area contributed by atoms with Crippen molar-refractivity contribution in [3.8, 4) is 11.5 Å². The molecule has 24 heavy (non-hydrogen) atoms. The zero-order valence-electron chi connectivity index (χ0n) is 14.8. The van der Waals surface area contributed by atoms with Gasteiger partial charge in [-0.1, -0.05) is 26.7 Å². The summed E-state index contributed by atoms with van der Waals surface area (Å²) in [5.74, 6) is 1.10. The number of hydrogen-bond acceptors (Lipinski definition) is 7. The molecule has 0 fully saturated rings. The fourth-order valence-electron chi connectivity index (χ4n) is 1.72. The summed E-state index contributed by atoms with van der Waals surface area (Å²) in [7, 11) is 3.11. The molecule has 0 saturated carbocycles. The average molecular weight is 357 g/mol. The molecule has 136 valence electrons. The van der Waals surface area contributed by atoms with Gasteiger partial charge in [0.05, 0.1) is 27.0 Å². The molecule has 0 atom stereocenters. The number of nitrogens with one attached hydrogen (secondary N) is 1. The van der Waals surface area contributed by atoms with Gasteiger partial charge in [-0.3, -0.25) is 0 Å². The first-order chi connectivity index (χ1) is 11.7. The first-order valence-electron chi connectivity index (χ1n) is 8.12. The van der Waals surface area contributed by atoms with E-state index < -0.39 is 6.09 Å². The number of amides is 1. The standard InChI is InChI=1S/C16H27N3O4S/c1-5-7-9-18-19(16(20)23-10-8-6-2)24-15-11-13(21-3)14(22-4)12-17-15/h11-12,18H,5-10H2,1-4H3. The van der Waals surface area contributed by atoms with Gasteiger partial charge in [0.15, 0.2) is 11.5 Å². The van der Waals surface area contributed by atoms with Crippen molar-refractivity contribution in [2.75, 3.05) is 27.4 Å². The molecule has 7 nitrogen and oxygen atoms in total. The van der Waals surface area contributed by atoms with Crippen molar-refractivity contribution >= 4 is 18.0 Å². The number of hydrogen-bond donors (Lipinski definition) is 1. The molecular formula is C16H27N3O4S. The summed E-state index contributed by atoms with van der Waals surface area (Å²) in [6.07, 6.45) is 4.94. The van der Waals surface area contributed by atoms with Gasteiger partial charge in [0, 0.05) is 24.6 Å². The van der Waals surface area contributed by atoms with Crippen LogP contribution >= 0.6 is 11.9 Å². The first-order valence-corrected chi connectivity index (χ1v) is 8.89. The summed E-state index contributed by atoms with van der Waals surface area (Å²) >= 11 is 1.16. The fourth-order valence-corrected chi connectivity index (χ4v) is 2.45. The minimum Gasteiger partial charge on any atom is -0.493 e. The molecule has 0 aromatic carbocycles. The van der Waals surface area contributed by atoms with Gasteiger partial charge in [-0.25, -0.2) is 15.2 Å². The Bertz CT molecular complexity index is 502. The maximum absolute atomic E-state index is 12.2. The van der Waals surface area contributed by atoms with Gasteiger partial charge in [0.2, 0.25) is 0 Å². The molecule has 1 rings (SSSR count). The van der Waals surface area contributed by atoms with Crippen molar-refractivity contribution in [1.82, 2.24) is 14.8 Å². The highest BCUT2D eigenvalue weighted by Gasteiger charge is 2.18. The predicted octanol–water partition coefficient (Wildman–Crippen LogP) is 3.65. The van der Waals surface area contributed by atoms with Crippen LogP contribution in [0, 0.1) is 0 Å². The number of rotatable bonds is 11. The fraction of sp³-hybridized carbons (Fsp3) is 0.625. The monoisotopic (exact) mass is 357 g/mol. The summed E-state index contributed by atoms with van der Waals surface area (Å²) in [5.41, 5.74) is 3.07. The summed E-state index contributed by atoms with van der Waals surface area (Å²) < 4.78 is 17.1. The summed E-state index contributed by atoms with van der Waals surface area (Å²) in [5, 5.41) is 0.601. The van der Waals surface area contributed by atoms with E-state index >= 15 is 0 Å². The van der Waals surface area contributed by atoms with Crippen LogP contribution in [0.5, 0.6) is 11.5 Å². The Morgan fingerprint density at radius 2 is 1.92 bits per heavy atom. The van der Waals surface area contributed by atoms with E-state index in [0.717, 1.165) is 37.6 Å². The SMILES string of the molecule is CCCCNN(Sc1cc(OC)c(OC)cn1)C(=O)OCCCC. The van der Waals surface area contributed by atoms with Gasteiger partial charge in [0.25, 0.3) is 0 Å². The van der Waals surface area contributed by atoms with Crippen molar-refractivity contribution in [2.45, 2.75) is 44.6 Å². The molecule has 1 amide bonds. The van der Waals surface area contributed by atoms with E-state index in [9.17, 15) is 4.79 Å². The normalized spacial score (nSPS) is 10.3. The molecule has 0 saturated heterocycles. The molecule has 0 aliphatic carbocycles. The van der Waals surface area contributed by atoms with Crippen LogP contribution in [0.25, 0.3) is 0 Å². The number of carbonyl (C=O) groups excluding carboxylic acids is 1. The van der Waals surface area contributed by atoms with E-state index in [2.05, 4.69) is 17.3 Å². The molecule has 0 unspecified atom stereocenters. The highest BCUT2D eigenvalue weighted by Crippen LogP contribution is 2.30. The molecule has 1 aromatic rings. The molecule has 0 radical (unpaired) electrons. The van der Waals surface area contributed by atoms with Gasteiger partial charge >= 0.3 is 6.09 Å². The van der Waals surface area contributed by atoms with Crippen molar-refractivity contribution < 1.29 is 19.0 Å². The second-order valence-electron chi connectivity index (χ2n) is 4.99. The molecule has 1 heterocycles. The molecule has 1 N–H and O–H groups in total. The van der Waals surface area contributed by atoms with Crippen LogP contribution in [0.3, 0.4) is 0 Å². The van der Waals surface area contributed by atoms with E-state index in [-0.39, 0.29) is 0 Å². The Hall–Kier alpha value is -1.67. The molecular weight excluding hydrogens is 330 g/mol. The van der Waals surface area contributed by atoms with Gasteiger partial charge in [0.1, 0.15) is 5.03 Å². The van der Waals surface area contributed by atoms with Crippen molar-refractivity contribution in [3.05, 3.63) is 12.3 Å². The van der Waals surface area contributed by atoms with E-state index in [0.29, 0.717) is 29.7 Å². The third kappa shape index (κ3) is 6.84. The Kier molecular flexibility index (Phi) is 10.0. The molecule has 0 spiro atoms. The lowest BCUT2D eigenvalue weighted by molar-refractivity contribution is 0.116. The molecule has 1 aromatic heterocycles. The van der Waals surface area contributed by atoms with E-state index in [4.69, 9.17) is 14.2 Å². The van der Waals surface area contributed by atoms with Gasteiger partial charge in [-0.2, -0.15) is 4.41 Å². The molecule has 0 bridgehead atoms. The smallest absolute Gasteiger partial charge is 0.435 e. The van der Waals surface area contributed by atoms with Gasteiger partial charge < -0.3 is 14.2 Å². The maximum atomic E-state index is 12.2. The van der Waals surface area contributed by atoms with Crippen LogP contribution in [0.4, 0.5) is 4.79 Å². The van der Waals surface area contributed by atoms with Crippen LogP contribution in [0.1, 0.15) is 39.5 Å². The van der Waals surface area contributed by atoms with Gasteiger partial charge in [-0.15, -0.1) is 0 Å². The topological polar surface area (TPSA) is 72.9 Å². The maximum Gasteiger partial charge on any atom is 0.435 e. The second kappa shape index (κ2) is 11.8. The largest absolute Gasteiger partial charge is 0.493 e. The lowest BCUT2D eigenvalue weighted by Crippen LogP contribution is -2.38. The van der Waals surface area contributed by atoms with Crippen LogP contribution in [0.15, 0.2) is 17.3 Å². The van der Waals surface area contributed by atoms with Crippen molar-refractivity contribution in [1.29, 1.82) is 0 Å². The molecule has 8 heteroatoms. The number of carbonyl (C=O) groups is 1. The third-order valence-electron chi connectivity index (χ3n) is 3.11. The van der Waals surface area contributed by atoms with E-state index in [1.54, 1.807) is 26.5 Å². The number of nitrogens with zero attached hydrogens (tertiary/aromatic N) is 2. The number of ether oxygens (including phenoxy) is 3.